The van der Waals surface area contributed by atoms with E-state index in [1.54, 1.807) is 11.8 Å². The molecule has 0 bridgehead atoms. The van der Waals surface area contributed by atoms with Gasteiger partial charge in [-0.25, -0.2) is 0 Å². The van der Waals surface area contributed by atoms with Gasteiger partial charge in [0.1, 0.15) is 23.0 Å². The van der Waals surface area contributed by atoms with Gasteiger partial charge < -0.3 is 14.4 Å². The molecule has 0 fully saturated rings. The average Bonchev–Trinajstić information content (AvgIpc) is 3.06. The monoisotopic (exact) mass is 585 g/mol. The second-order valence-electron chi connectivity index (χ2n) is 12.1. The van der Waals surface area contributed by atoms with Crippen LogP contribution in [0.2, 0.25) is 0 Å². The van der Waals surface area contributed by atoms with Gasteiger partial charge in [0.2, 0.25) is 0 Å². The zero-order valence-electron chi connectivity index (χ0n) is 24.5. The van der Waals surface area contributed by atoms with Crippen LogP contribution in [0.3, 0.4) is 0 Å². The molecule has 0 saturated heterocycles. The minimum atomic E-state index is -0.197. The van der Waals surface area contributed by atoms with E-state index in [1.165, 1.54) is 38.9 Å². The van der Waals surface area contributed by atoms with E-state index in [-0.39, 0.29) is 12.1 Å². The number of ether oxygens (including phenoxy) is 2. The summed E-state index contributed by atoms with van der Waals surface area (Å²) in [5.74, 6) is 3.59. The highest BCUT2D eigenvalue weighted by atomic mass is 32.2. The quantitative estimate of drug-likeness (QED) is 0.189. The SMILES string of the molecule is CC1(C)c2ccccc2N(c2ccc3c(c2)Oc2ccccc2B3c2ccccc2)c2c1ccc1c2Sc2ccccc2O1. The maximum Gasteiger partial charge on any atom is 0.250 e. The van der Waals surface area contributed by atoms with Crippen LogP contribution < -0.4 is 30.8 Å². The van der Waals surface area contributed by atoms with Gasteiger partial charge in [-0.2, -0.15) is 0 Å². The van der Waals surface area contributed by atoms with Crippen LogP contribution in [0.15, 0.2) is 143 Å². The van der Waals surface area contributed by atoms with Crippen LogP contribution in [-0.4, -0.2) is 6.71 Å². The van der Waals surface area contributed by atoms with Crippen LogP contribution in [0, 0.1) is 0 Å². The van der Waals surface area contributed by atoms with E-state index in [4.69, 9.17) is 9.47 Å². The Bertz CT molecular complexity index is 2110. The Morgan fingerprint density at radius 2 is 1.30 bits per heavy atom. The molecule has 0 unspecified atom stereocenters. The molecule has 0 N–H and O–H groups in total. The highest BCUT2D eigenvalue weighted by molar-refractivity contribution is 7.99. The summed E-state index contributed by atoms with van der Waals surface area (Å²) < 4.78 is 13.2. The zero-order valence-corrected chi connectivity index (χ0v) is 25.3. The van der Waals surface area contributed by atoms with Crippen molar-refractivity contribution >= 4 is 51.9 Å². The molecule has 3 nitrogen and oxygen atoms in total. The van der Waals surface area contributed by atoms with Crippen molar-refractivity contribution in [2.75, 3.05) is 4.90 Å². The van der Waals surface area contributed by atoms with Gasteiger partial charge >= 0.3 is 0 Å². The molecule has 210 valence electrons. The van der Waals surface area contributed by atoms with Gasteiger partial charge in [0.05, 0.1) is 21.2 Å². The van der Waals surface area contributed by atoms with E-state index in [0.29, 0.717) is 0 Å². The summed E-state index contributed by atoms with van der Waals surface area (Å²) in [7, 11) is 0. The minimum Gasteiger partial charge on any atom is -0.458 e. The van der Waals surface area contributed by atoms with Crippen molar-refractivity contribution in [2.24, 2.45) is 0 Å². The number of para-hydroxylation sites is 3. The van der Waals surface area contributed by atoms with Gasteiger partial charge in [-0.3, -0.25) is 0 Å². The number of fused-ring (bicyclic) bond motifs is 7. The first-order chi connectivity index (χ1) is 21.6. The number of hydrogen-bond acceptors (Lipinski definition) is 4. The molecule has 0 atom stereocenters. The first-order valence-corrected chi connectivity index (χ1v) is 15.9. The lowest BCUT2D eigenvalue weighted by molar-refractivity contribution is 0.453. The van der Waals surface area contributed by atoms with Gasteiger partial charge in [-0.05, 0) is 58.5 Å². The van der Waals surface area contributed by atoms with E-state index >= 15 is 0 Å². The van der Waals surface area contributed by atoms with E-state index in [2.05, 4.69) is 140 Å². The van der Waals surface area contributed by atoms with Crippen LogP contribution in [0.5, 0.6) is 23.0 Å². The zero-order chi connectivity index (χ0) is 29.4. The van der Waals surface area contributed by atoms with Gasteiger partial charge in [-0.15, -0.1) is 0 Å². The molecular formula is C39H28BNO2S. The Labute approximate surface area is 262 Å². The second-order valence-corrected chi connectivity index (χ2v) is 13.2. The first kappa shape index (κ1) is 25.6. The summed E-state index contributed by atoms with van der Waals surface area (Å²) in [5, 5.41) is 0. The van der Waals surface area contributed by atoms with E-state index in [0.717, 1.165) is 38.5 Å². The van der Waals surface area contributed by atoms with Gasteiger partial charge in [0.15, 0.2) is 0 Å². The number of nitrogens with zero attached hydrogens (tertiary/aromatic N) is 1. The predicted molar refractivity (Wildman–Crippen MR) is 182 cm³/mol. The van der Waals surface area contributed by atoms with Gasteiger partial charge in [0, 0.05) is 17.2 Å². The largest absolute Gasteiger partial charge is 0.458 e. The molecular weight excluding hydrogens is 557 g/mol. The molecule has 0 aliphatic carbocycles. The van der Waals surface area contributed by atoms with Gasteiger partial charge in [0.25, 0.3) is 6.71 Å². The lowest BCUT2D eigenvalue weighted by Crippen LogP contribution is -2.54. The Hall–Kier alpha value is -4.87. The first-order valence-electron chi connectivity index (χ1n) is 15.1. The maximum atomic E-state index is 6.68. The number of anilines is 3. The highest BCUT2D eigenvalue weighted by Gasteiger charge is 2.41. The smallest absolute Gasteiger partial charge is 0.250 e. The fraction of sp³-hybridized carbons (Fsp3) is 0.0769. The van der Waals surface area contributed by atoms with E-state index in [9.17, 15) is 0 Å². The lowest BCUT2D eigenvalue weighted by Gasteiger charge is -2.43. The molecule has 0 spiro atoms. The van der Waals surface area contributed by atoms with Crippen molar-refractivity contribution in [3.8, 4) is 23.0 Å². The number of rotatable bonds is 2. The Morgan fingerprint density at radius 1 is 0.591 bits per heavy atom. The Kier molecular flexibility index (Phi) is 5.57. The van der Waals surface area contributed by atoms with Crippen LogP contribution >= 0.6 is 11.8 Å². The number of benzene rings is 6. The molecule has 6 aromatic rings. The molecule has 9 rings (SSSR count). The van der Waals surface area contributed by atoms with Crippen molar-refractivity contribution < 1.29 is 9.47 Å². The minimum absolute atomic E-state index is 0.0956. The molecule has 44 heavy (non-hydrogen) atoms. The highest BCUT2D eigenvalue weighted by Crippen LogP contribution is 2.60. The van der Waals surface area contributed by atoms with Crippen molar-refractivity contribution in [2.45, 2.75) is 29.1 Å². The topological polar surface area (TPSA) is 21.7 Å². The summed E-state index contributed by atoms with van der Waals surface area (Å²) >= 11 is 1.79. The van der Waals surface area contributed by atoms with Crippen molar-refractivity contribution in [3.05, 3.63) is 145 Å². The van der Waals surface area contributed by atoms with Crippen LogP contribution in [-0.2, 0) is 5.41 Å². The third kappa shape index (κ3) is 3.72. The molecule has 0 amide bonds. The average molecular weight is 586 g/mol. The standard InChI is InChI=1S/C39H28BNO2S/c1-39(2)27-14-6-8-16-31(27)41(37-28(39)21-23-34-38(37)44-36-19-11-10-18-33(36)43-34)26-20-22-30-35(24-26)42-32-17-9-7-15-29(32)40(30)25-12-4-3-5-13-25/h3-24H,1-2H3. The normalized spacial score (nSPS) is 15.0. The Morgan fingerprint density at radius 3 is 2.18 bits per heavy atom. The molecule has 0 aromatic heterocycles. The third-order valence-corrected chi connectivity index (χ3v) is 10.4. The Balaban J connectivity index is 1.26. The predicted octanol–water partition coefficient (Wildman–Crippen LogP) is 8.67. The van der Waals surface area contributed by atoms with E-state index < -0.39 is 0 Å². The second kappa shape index (κ2) is 9.57. The van der Waals surface area contributed by atoms with Crippen molar-refractivity contribution in [3.63, 3.8) is 0 Å². The molecule has 5 heteroatoms. The van der Waals surface area contributed by atoms with Crippen LogP contribution in [0.4, 0.5) is 17.1 Å². The summed E-state index contributed by atoms with van der Waals surface area (Å²) in [6.07, 6.45) is 0. The summed E-state index contributed by atoms with van der Waals surface area (Å²) in [6, 6.07) is 47.4. The molecule has 6 aromatic carbocycles. The third-order valence-electron chi connectivity index (χ3n) is 9.24. The molecule has 3 aliphatic rings. The molecule has 3 aliphatic heterocycles. The summed E-state index contributed by atoms with van der Waals surface area (Å²) in [5.41, 5.74) is 9.40. The van der Waals surface area contributed by atoms with E-state index in [1.807, 2.05) is 12.1 Å². The number of hydrogen-bond donors (Lipinski definition) is 0. The summed E-state index contributed by atoms with van der Waals surface area (Å²) in [4.78, 5) is 4.68. The van der Waals surface area contributed by atoms with Crippen molar-refractivity contribution in [1.29, 1.82) is 0 Å². The fourth-order valence-corrected chi connectivity index (χ4v) is 8.21. The summed E-state index contributed by atoms with van der Waals surface area (Å²) in [6.45, 7) is 4.75. The lowest BCUT2D eigenvalue weighted by atomic mass is 9.36. The molecule has 0 radical (unpaired) electrons. The molecule has 0 saturated carbocycles. The fourth-order valence-electron chi connectivity index (χ4n) is 7.13. The van der Waals surface area contributed by atoms with Crippen LogP contribution in [0.1, 0.15) is 25.0 Å². The van der Waals surface area contributed by atoms with Crippen LogP contribution in [0.25, 0.3) is 0 Å². The maximum absolute atomic E-state index is 6.68. The molecule has 3 heterocycles. The van der Waals surface area contributed by atoms with Crippen molar-refractivity contribution in [1.82, 2.24) is 0 Å². The van der Waals surface area contributed by atoms with Gasteiger partial charge in [-0.1, -0.05) is 122 Å².